The molecular formula is C16H22N4O. The number of H-pyrrole nitrogens is 1. The van der Waals surface area contributed by atoms with Crippen LogP contribution in [0.15, 0.2) is 24.4 Å². The molecule has 1 saturated carbocycles. The van der Waals surface area contributed by atoms with Crippen LogP contribution >= 0.6 is 0 Å². The number of fused-ring (bicyclic) bond motifs is 1. The van der Waals surface area contributed by atoms with Crippen molar-refractivity contribution in [1.29, 1.82) is 0 Å². The van der Waals surface area contributed by atoms with Gasteiger partial charge in [-0.05, 0) is 58.0 Å². The number of nitrogens with zero attached hydrogens (tertiary/aromatic N) is 2. The van der Waals surface area contributed by atoms with Crippen molar-refractivity contribution in [2.45, 2.75) is 37.8 Å². The van der Waals surface area contributed by atoms with Gasteiger partial charge >= 0.3 is 0 Å². The van der Waals surface area contributed by atoms with E-state index in [-0.39, 0.29) is 5.91 Å². The maximum absolute atomic E-state index is 12.3. The summed E-state index contributed by atoms with van der Waals surface area (Å²) in [7, 11) is 4.26. The zero-order chi connectivity index (χ0) is 14.8. The second-order valence-electron chi connectivity index (χ2n) is 6.11. The Morgan fingerprint density at radius 1 is 1.29 bits per heavy atom. The standard InChI is InChI=1S/C16H22N4O/c1-20(2)14-6-4-13(5-7-14)18-16(21)11-3-8-15-12(9-11)10-17-19-15/h3,8-10,13-14H,4-7H2,1-2H3,(H,17,19)(H,18,21)/t13-,14-. The molecule has 0 spiro atoms. The molecule has 1 aliphatic rings. The first-order valence-corrected chi connectivity index (χ1v) is 7.54. The lowest BCUT2D eigenvalue weighted by molar-refractivity contribution is 0.0916. The van der Waals surface area contributed by atoms with Crippen molar-refractivity contribution in [2.75, 3.05) is 14.1 Å². The third-order valence-corrected chi connectivity index (χ3v) is 4.46. The molecule has 1 fully saturated rings. The smallest absolute Gasteiger partial charge is 0.251 e. The predicted octanol–water partition coefficient (Wildman–Crippen LogP) is 2.17. The van der Waals surface area contributed by atoms with Crippen LogP contribution in [0.25, 0.3) is 10.9 Å². The molecule has 1 aromatic heterocycles. The fourth-order valence-corrected chi connectivity index (χ4v) is 3.09. The fraction of sp³-hybridized carbons (Fsp3) is 0.500. The van der Waals surface area contributed by atoms with E-state index in [1.54, 1.807) is 6.20 Å². The molecule has 21 heavy (non-hydrogen) atoms. The summed E-state index contributed by atoms with van der Waals surface area (Å²) in [5.74, 6) is 0.0198. The third kappa shape index (κ3) is 3.08. The summed E-state index contributed by atoms with van der Waals surface area (Å²) < 4.78 is 0. The zero-order valence-electron chi connectivity index (χ0n) is 12.6. The van der Waals surface area contributed by atoms with Crippen molar-refractivity contribution in [2.24, 2.45) is 0 Å². The molecule has 0 atom stereocenters. The van der Waals surface area contributed by atoms with Crippen LogP contribution in [-0.4, -0.2) is 47.2 Å². The fourth-order valence-electron chi connectivity index (χ4n) is 3.09. The van der Waals surface area contributed by atoms with Gasteiger partial charge in [-0.2, -0.15) is 5.10 Å². The average Bonchev–Trinajstić information content (AvgIpc) is 2.95. The largest absolute Gasteiger partial charge is 0.349 e. The van der Waals surface area contributed by atoms with E-state index in [1.807, 2.05) is 18.2 Å². The Hall–Kier alpha value is -1.88. The molecule has 1 amide bonds. The van der Waals surface area contributed by atoms with Gasteiger partial charge in [-0.25, -0.2) is 0 Å². The van der Waals surface area contributed by atoms with Crippen LogP contribution in [0.5, 0.6) is 0 Å². The molecule has 2 aromatic rings. The normalized spacial score (nSPS) is 22.6. The van der Waals surface area contributed by atoms with Crippen molar-refractivity contribution in [3.63, 3.8) is 0 Å². The maximum Gasteiger partial charge on any atom is 0.251 e. The number of aromatic amines is 1. The topological polar surface area (TPSA) is 61.0 Å². The van der Waals surface area contributed by atoms with Crippen LogP contribution in [0.3, 0.4) is 0 Å². The number of nitrogens with one attached hydrogen (secondary N) is 2. The molecule has 0 aliphatic heterocycles. The first kappa shape index (κ1) is 14.1. The summed E-state index contributed by atoms with van der Waals surface area (Å²) >= 11 is 0. The predicted molar refractivity (Wildman–Crippen MR) is 83.3 cm³/mol. The van der Waals surface area contributed by atoms with Gasteiger partial charge in [0.1, 0.15) is 0 Å². The quantitative estimate of drug-likeness (QED) is 0.909. The number of amides is 1. The van der Waals surface area contributed by atoms with Crippen molar-refractivity contribution < 1.29 is 4.79 Å². The Balaban J connectivity index is 1.61. The number of hydrogen-bond donors (Lipinski definition) is 2. The van der Waals surface area contributed by atoms with Crippen molar-refractivity contribution >= 4 is 16.8 Å². The molecule has 3 rings (SSSR count). The van der Waals surface area contributed by atoms with Gasteiger partial charge < -0.3 is 10.2 Å². The lowest BCUT2D eigenvalue weighted by atomic mass is 9.90. The summed E-state index contributed by atoms with van der Waals surface area (Å²) in [5, 5.41) is 11.0. The van der Waals surface area contributed by atoms with E-state index in [0.717, 1.165) is 36.6 Å². The first-order valence-electron chi connectivity index (χ1n) is 7.54. The molecule has 0 radical (unpaired) electrons. The number of hydrogen-bond acceptors (Lipinski definition) is 3. The number of aromatic nitrogens is 2. The van der Waals surface area contributed by atoms with Crippen LogP contribution in [0.1, 0.15) is 36.0 Å². The Morgan fingerprint density at radius 3 is 2.76 bits per heavy atom. The van der Waals surface area contributed by atoms with E-state index < -0.39 is 0 Å². The Labute approximate surface area is 124 Å². The molecule has 0 unspecified atom stereocenters. The summed E-state index contributed by atoms with van der Waals surface area (Å²) in [6, 6.07) is 6.59. The van der Waals surface area contributed by atoms with E-state index in [4.69, 9.17) is 0 Å². The van der Waals surface area contributed by atoms with Gasteiger partial charge in [0.2, 0.25) is 0 Å². The lowest BCUT2D eigenvalue weighted by Gasteiger charge is -2.32. The molecule has 1 aromatic carbocycles. The molecule has 5 heteroatoms. The van der Waals surface area contributed by atoms with Crippen LogP contribution in [-0.2, 0) is 0 Å². The molecule has 0 saturated heterocycles. The van der Waals surface area contributed by atoms with Gasteiger partial charge in [-0.3, -0.25) is 9.89 Å². The molecule has 2 N–H and O–H groups in total. The molecule has 1 heterocycles. The van der Waals surface area contributed by atoms with E-state index in [1.165, 1.54) is 0 Å². The van der Waals surface area contributed by atoms with Gasteiger partial charge in [0.05, 0.1) is 11.7 Å². The zero-order valence-corrected chi connectivity index (χ0v) is 12.6. The second-order valence-corrected chi connectivity index (χ2v) is 6.11. The third-order valence-electron chi connectivity index (χ3n) is 4.46. The van der Waals surface area contributed by atoms with E-state index >= 15 is 0 Å². The molecule has 1 aliphatic carbocycles. The van der Waals surface area contributed by atoms with Gasteiger partial charge in [0.25, 0.3) is 5.91 Å². The monoisotopic (exact) mass is 286 g/mol. The van der Waals surface area contributed by atoms with Crippen LogP contribution in [0, 0.1) is 0 Å². The van der Waals surface area contributed by atoms with Gasteiger partial charge in [0.15, 0.2) is 0 Å². The number of benzene rings is 1. The summed E-state index contributed by atoms with van der Waals surface area (Å²) in [5.41, 5.74) is 1.66. The average molecular weight is 286 g/mol. The summed E-state index contributed by atoms with van der Waals surface area (Å²) in [4.78, 5) is 14.6. The Bertz CT molecular complexity index is 626. The summed E-state index contributed by atoms with van der Waals surface area (Å²) in [6.07, 6.45) is 6.16. The second kappa shape index (κ2) is 5.85. The van der Waals surface area contributed by atoms with E-state index in [2.05, 4.69) is 34.5 Å². The van der Waals surface area contributed by atoms with Crippen LogP contribution < -0.4 is 5.32 Å². The van der Waals surface area contributed by atoms with Crippen molar-refractivity contribution in [3.05, 3.63) is 30.0 Å². The Kier molecular flexibility index (Phi) is 3.92. The minimum absolute atomic E-state index is 0.0198. The maximum atomic E-state index is 12.3. The highest BCUT2D eigenvalue weighted by Gasteiger charge is 2.23. The SMILES string of the molecule is CN(C)[C@H]1CC[C@H](NC(=O)c2ccc3[nH]ncc3c2)CC1. The number of rotatable bonds is 3. The molecule has 112 valence electrons. The molecule has 5 nitrogen and oxygen atoms in total. The highest BCUT2D eigenvalue weighted by atomic mass is 16.1. The number of carbonyl (C=O) groups is 1. The minimum atomic E-state index is 0.0198. The minimum Gasteiger partial charge on any atom is -0.349 e. The highest BCUT2D eigenvalue weighted by Crippen LogP contribution is 2.22. The highest BCUT2D eigenvalue weighted by molar-refractivity contribution is 5.97. The van der Waals surface area contributed by atoms with Crippen molar-refractivity contribution in [1.82, 2.24) is 20.4 Å². The molecule has 0 bridgehead atoms. The van der Waals surface area contributed by atoms with Crippen molar-refractivity contribution in [3.8, 4) is 0 Å². The Morgan fingerprint density at radius 2 is 2.05 bits per heavy atom. The first-order chi connectivity index (χ1) is 10.1. The van der Waals surface area contributed by atoms with Gasteiger partial charge in [-0.1, -0.05) is 0 Å². The van der Waals surface area contributed by atoms with Crippen LogP contribution in [0.2, 0.25) is 0 Å². The van der Waals surface area contributed by atoms with E-state index in [0.29, 0.717) is 17.6 Å². The van der Waals surface area contributed by atoms with Crippen LogP contribution in [0.4, 0.5) is 0 Å². The van der Waals surface area contributed by atoms with Gasteiger partial charge in [-0.15, -0.1) is 0 Å². The molecular weight excluding hydrogens is 264 g/mol. The lowest BCUT2D eigenvalue weighted by Crippen LogP contribution is -2.41. The van der Waals surface area contributed by atoms with E-state index in [9.17, 15) is 4.79 Å². The van der Waals surface area contributed by atoms with Gasteiger partial charge in [0, 0.05) is 23.0 Å². The summed E-state index contributed by atoms with van der Waals surface area (Å²) in [6.45, 7) is 0. The number of carbonyl (C=O) groups excluding carboxylic acids is 1.